The van der Waals surface area contributed by atoms with Gasteiger partial charge < -0.3 is 14.9 Å². The molecule has 0 spiro atoms. The van der Waals surface area contributed by atoms with Gasteiger partial charge in [0.1, 0.15) is 11.3 Å². The number of rotatable bonds is 2. The van der Waals surface area contributed by atoms with E-state index in [-0.39, 0.29) is 6.54 Å². The molecular weight excluding hydrogens is 210 g/mol. The van der Waals surface area contributed by atoms with Gasteiger partial charge in [-0.2, -0.15) is 0 Å². The average Bonchev–Trinajstić information content (AvgIpc) is 2.28. The maximum atomic E-state index is 11.0. The van der Waals surface area contributed by atoms with Crippen LogP contribution in [0, 0.1) is 0 Å². The molecule has 0 unspecified atom stereocenters. The van der Waals surface area contributed by atoms with E-state index < -0.39 is 11.6 Å². The van der Waals surface area contributed by atoms with Crippen molar-refractivity contribution >= 4 is 16.9 Å². The van der Waals surface area contributed by atoms with Crippen molar-refractivity contribution in [2.75, 3.05) is 6.54 Å². The van der Waals surface area contributed by atoms with Gasteiger partial charge in [-0.15, -0.1) is 0 Å². The molecule has 0 radical (unpaired) electrons. The zero-order valence-electron chi connectivity index (χ0n) is 8.30. The number of hydrogen-bond acceptors (Lipinski definition) is 5. The molecule has 0 aliphatic carbocycles. The molecule has 1 heterocycles. The third-order valence-electron chi connectivity index (χ3n) is 1.99. The first-order chi connectivity index (χ1) is 7.69. The Morgan fingerprint density at radius 3 is 2.81 bits per heavy atom. The summed E-state index contributed by atoms with van der Waals surface area (Å²) in [6.07, 6.45) is 0. The molecule has 82 valence electrons. The molecule has 0 aliphatic rings. The second kappa shape index (κ2) is 4.16. The summed E-state index contributed by atoms with van der Waals surface area (Å²) in [6, 6.07) is 7.74. The highest BCUT2D eigenvalue weighted by Gasteiger charge is 2.04. The molecule has 16 heavy (non-hydrogen) atoms. The molecule has 5 nitrogen and oxygen atoms in total. The monoisotopic (exact) mass is 219 g/mol. The summed E-state index contributed by atoms with van der Waals surface area (Å²) in [5.41, 5.74) is 5.03. The predicted molar refractivity (Wildman–Crippen MR) is 57.2 cm³/mol. The first-order valence-corrected chi connectivity index (χ1v) is 4.64. The van der Waals surface area contributed by atoms with Crippen LogP contribution < -0.4 is 16.1 Å². The summed E-state index contributed by atoms with van der Waals surface area (Å²) in [5, 5.41) is 0.757. The van der Waals surface area contributed by atoms with Gasteiger partial charge in [-0.05, 0) is 18.2 Å². The number of fused-ring (bicyclic) bond motifs is 1. The number of ether oxygens (including phenoxy) is 1. The molecule has 0 fully saturated rings. The number of carbonyl (C=O) groups excluding carboxylic acids is 1. The molecule has 5 heteroatoms. The summed E-state index contributed by atoms with van der Waals surface area (Å²) in [5.74, 6) is -0.241. The zero-order valence-corrected chi connectivity index (χ0v) is 8.30. The Labute approximate surface area is 90.4 Å². The maximum Gasteiger partial charge on any atom is 0.336 e. The second-order valence-corrected chi connectivity index (χ2v) is 3.13. The Hall–Kier alpha value is -2.14. The zero-order chi connectivity index (χ0) is 11.5. The van der Waals surface area contributed by atoms with Gasteiger partial charge in [0.05, 0.1) is 6.54 Å². The van der Waals surface area contributed by atoms with Gasteiger partial charge in [0, 0.05) is 17.5 Å². The molecule has 1 aromatic carbocycles. The Morgan fingerprint density at radius 2 is 2.06 bits per heavy atom. The van der Waals surface area contributed by atoms with Crippen molar-refractivity contribution in [3.05, 3.63) is 40.8 Å². The Kier molecular flexibility index (Phi) is 2.70. The molecule has 1 aromatic heterocycles. The first kappa shape index (κ1) is 10.4. The van der Waals surface area contributed by atoms with Crippen LogP contribution in [-0.2, 0) is 4.79 Å². The van der Waals surface area contributed by atoms with E-state index >= 15 is 0 Å². The highest BCUT2D eigenvalue weighted by atomic mass is 16.5. The summed E-state index contributed by atoms with van der Waals surface area (Å²) in [6.45, 7) is -0.198. The number of nitrogens with two attached hydrogens (primary N) is 1. The van der Waals surface area contributed by atoms with Crippen LogP contribution in [0.3, 0.4) is 0 Å². The van der Waals surface area contributed by atoms with Crippen LogP contribution in [0.1, 0.15) is 0 Å². The lowest BCUT2D eigenvalue weighted by Crippen LogP contribution is -2.19. The topological polar surface area (TPSA) is 82.5 Å². The number of hydrogen-bond donors (Lipinski definition) is 1. The van der Waals surface area contributed by atoms with Crippen molar-refractivity contribution in [1.82, 2.24) is 0 Å². The smallest absolute Gasteiger partial charge is 0.336 e. The van der Waals surface area contributed by atoms with Gasteiger partial charge >= 0.3 is 11.6 Å². The summed E-state index contributed by atoms with van der Waals surface area (Å²) < 4.78 is 9.82. The average molecular weight is 219 g/mol. The fraction of sp³-hybridized carbons (Fsp3) is 0.0909. The maximum absolute atomic E-state index is 11.0. The van der Waals surface area contributed by atoms with Gasteiger partial charge in [0.25, 0.3) is 0 Å². The van der Waals surface area contributed by atoms with E-state index in [1.165, 1.54) is 12.1 Å². The van der Waals surface area contributed by atoms with E-state index in [1.807, 2.05) is 0 Å². The summed E-state index contributed by atoms with van der Waals surface area (Å²) >= 11 is 0. The minimum absolute atomic E-state index is 0.198. The largest absolute Gasteiger partial charge is 0.425 e. The Balaban J connectivity index is 2.42. The quantitative estimate of drug-likeness (QED) is 0.455. The van der Waals surface area contributed by atoms with Crippen molar-refractivity contribution in [1.29, 1.82) is 0 Å². The standard InChI is InChI=1S/C11H9NO4/c12-6-11(14)15-8-3-1-7-2-4-10(13)16-9(7)5-8/h1-5H,6,12H2. The van der Waals surface area contributed by atoms with Crippen molar-refractivity contribution in [3.8, 4) is 5.75 Å². The van der Waals surface area contributed by atoms with Crippen LogP contribution >= 0.6 is 0 Å². The van der Waals surface area contributed by atoms with Crippen molar-refractivity contribution in [2.24, 2.45) is 5.73 Å². The molecule has 2 rings (SSSR count). The molecular formula is C11H9NO4. The minimum Gasteiger partial charge on any atom is -0.425 e. The highest BCUT2D eigenvalue weighted by Crippen LogP contribution is 2.19. The number of benzene rings is 1. The Morgan fingerprint density at radius 1 is 1.31 bits per heavy atom. The van der Waals surface area contributed by atoms with Crippen LogP contribution in [0.25, 0.3) is 11.0 Å². The summed E-state index contributed by atoms with van der Waals surface area (Å²) in [7, 11) is 0. The lowest BCUT2D eigenvalue weighted by Gasteiger charge is -2.02. The number of esters is 1. The van der Waals surface area contributed by atoms with Crippen LogP contribution in [0.5, 0.6) is 5.75 Å². The van der Waals surface area contributed by atoms with E-state index in [9.17, 15) is 9.59 Å². The SMILES string of the molecule is NCC(=O)Oc1ccc2ccc(=O)oc2c1. The molecule has 0 atom stereocenters. The normalized spacial score (nSPS) is 10.3. The van der Waals surface area contributed by atoms with Gasteiger partial charge in [0.15, 0.2) is 0 Å². The first-order valence-electron chi connectivity index (χ1n) is 4.64. The predicted octanol–water partition coefficient (Wildman–Crippen LogP) is 0.657. The summed E-state index contributed by atoms with van der Waals surface area (Å²) in [4.78, 5) is 21.9. The van der Waals surface area contributed by atoms with E-state index in [4.69, 9.17) is 14.9 Å². The molecule has 2 N–H and O–H groups in total. The second-order valence-electron chi connectivity index (χ2n) is 3.13. The van der Waals surface area contributed by atoms with Crippen LogP contribution in [0.15, 0.2) is 39.5 Å². The van der Waals surface area contributed by atoms with Crippen molar-refractivity contribution in [3.63, 3.8) is 0 Å². The van der Waals surface area contributed by atoms with E-state index in [0.717, 1.165) is 5.39 Å². The van der Waals surface area contributed by atoms with Crippen LogP contribution in [-0.4, -0.2) is 12.5 Å². The third-order valence-corrected chi connectivity index (χ3v) is 1.99. The van der Waals surface area contributed by atoms with Gasteiger partial charge in [0.2, 0.25) is 0 Å². The van der Waals surface area contributed by atoms with E-state index in [2.05, 4.69) is 0 Å². The molecule has 0 aliphatic heterocycles. The van der Waals surface area contributed by atoms with Crippen molar-refractivity contribution in [2.45, 2.75) is 0 Å². The Bertz CT molecular complexity index is 588. The molecule has 2 aromatic rings. The molecule has 0 saturated heterocycles. The lowest BCUT2D eigenvalue weighted by molar-refractivity contribution is -0.132. The third kappa shape index (κ3) is 2.09. The van der Waals surface area contributed by atoms with Gasteiger partial charge in [-0.3, -0.25) is 4.79 Å². The fourth-order valence-electron chi connectivity index (χ4n) is 1.28. The van der Waals surface area contributed by atoms with Gasteiger partial charge in [-0.25, -0.2) is 4.79 Å². The van der Waals surface area contributed by atoms with Gasteiger partial charge in [-0.1, -0.05) is 0 Å². The van der Waals surface area contributed by atoms with E-state index in [0.29, 0.717) is 11.3 Å². The molecule has 0 bridgehead atoms. The molecule has 0 amide bonds. The van der Waals surface area contributed by atoms with Crippen LogP contribution in [0.2, 0.25) is 0 Å². The van der Waals surface area contributed by atoms with Crippen LogP contribution in [0.4, 0.5) is 0 Å². The number of carbonyl (C=O) groups is 1. The highest BCUT2D eigenvalue weighted by molar-refractivity contribution is 5.80. The lowest BCUT2D eigenvalue weighted by atomic mass is 10.2. The molecule has 0 saturated carbocycles. The fourth-order valence-corrected chi connectivity index (χ4v) is 1.28. The van der Waals surface area contributed by atoms with E-state index in [1.54, 1.807) is 18.2 Å². The van der Waals surface area contributed by atoms with Crippen molar-refractivity contribution < 1.29 is 13.9 Å². The minimum atomic E-state index is -0.544.